The van der Waals surface area contributed by atoms with Gasteiger partial charge >= 0.3 is 0 Å². The quantitative estimate of drug-likeness (QED) is 0.665. The van der Waals surface area contributed by atoms with Crippen molar-refractivity contribution in [3.05, 3.63) is 0 Å². The summed E-state index contributed by atoms with van der Waals surface area (Å²) in [5.41, 5.74) is 4.89. The van der Waals surface area contributed by atoms with Gasteiger partial charge in [0, 0.05) is 12.1 Å². The molecule has 98 valence electrons. The molecule has 0 unspecified atom stereocenters. The molecule has 3 N–H and O–H groups in total. The first-order chi connectivity index (χ1) is 7.96. The molecule has 1 heterocycles. The summed E-state index contributed by atoms with van der Waals surface area (Å²) in [6.45, 7) is 1.88. The molecule has 2 aliphatic rings. The van der Waals surface area contributed by atoms with E-state index < -0.39 is 21.7 Å². The second kappa shape index (κ2) is 4.91. The van der Waals surface area contributed by atoms with Crippen molar-refractivity contribution in [1.82, 2.24) is 9.62 Å². The highest BCUT2D eigenvalue weighted by Crippen LogP contribution is 2.29. The van der Waals surface area contributed by atoms with Gasteiger partial charge < -0.3 is 10.6 Å². The first-order valence-electron chi connectivity index (χ1n) is 5.98. The summed E-state index contributed by atoms with van der Waals surface area (Å²) in [5.74, 6) is -1.43. The van der Waals surface area contributed by atoms with Crippen LogP contribution >= 0.6 is 0 Å². The summed E-state index contributed by atoms with van der Waals surface area (Å²) >= 11 is 0. The molecule has 1 saturated heterocycles. The van der Waals surface area contributed by atoms with Crippen LogP contribution in [-0.2, 0) is 14.8 Å². The topological polar surface area (TPSA) is 92.5 Å². The van der Waals surface area contributed by atoms with E-state index in [2.05, 4.69) is 9.62 Å². The number of primary amides is 1. The number of nitrogens with two attached hydrogens (primary N) is 1. The molecule has 0 atom stereocenters. The highest BCUT2D eigenvalue weighted by atomic mass is 32.2. The van der Waals surface area contributed by atoms with Crippen molar-refractivity contribution in [3.63, 3.8) is 0 Å². The number of carbonyl (C=O) groups is 1. The third-order valence-corrected chi connectivity index (χ3v) is 4.63. The highest BCUT2D eigenvalue weighted by molar-refractivity contribution is 7.90. The second-order valence-corrected chi connectivity index (χ2v) is 6.64. The Morgan fingerprint density at radius 1 is 1.24 bits per heavy atom. The molecule has 0 radical (unpaired) electrons. The third-order valence-electron chi connectivity index (χ3n) is 3.27. The molecule has 17 heavy (non-hydrogen) atoms. The number of piperidine rings is 1. The van der Waals surface area contributed by atoms with Gasteiger partial charge in [-0.2, -0.15) is 0 Å². The van der Waals surface area contributed by atoms with Crippen molar-refractivity contribution in [2.24, 2.45) is 5.73 Å². The second-order valence-electron chi connectivity index (χ2n) is 4.88. The van der Waals surface area contributed by atoms with Crippen LogP contribution in [0.2, 0.25) is 0 Å². The first kappa shape index (κ1) is 12.8. The highest BCUT2D eigenvalue weighted by Gasteiger charge is 2.32. The maximum Gasteiger partial charge on any atom is 0.234 e. The summed E-state index contributed by atoms with van der Waals surface area (Å²) in [6.07, 6.45) is 4.18. The van der Waals surface area contributed by atoms with Crippen LogP contribution in [0.15, 0.2) is 0 Å². The van der Waals surface area contributed by atoms with Gasteiger partial charge in [0.25, 0.3) is 0 Å². The van der Waals surface area contributed by atoms with Crippen LogP contribution < -0.4 is 10.5 Å². The SMILES string of the molecule is NC(=O)CS(=O)(=O)NC1CCN(C2CC2)CC1. The molecule has 6 nitrogen and oxygen atoms in total. The number of hydrogen-bond acceptors (Lipinski definition) is 4. The molecular formula is C10H19N3O3S. The van der Waals surface area contributed by atoms with Gasteiger partial charge in [-0.25, -0.2) is 13.1 Å². The zero-order valence-electron chi connectivity index (χ0n) is 9.76. The fourth-order valence-corrected chi connectivity index (χ4v) is 3.51. The van der Waals surface area contributed by atoms with Crippen molar-refractivity contribution in [3.8, 4) is 0 Å². The predicted octanol–water partition coefficient (Wildman–Crippen LogP) is -0.982. The fraction of sp³-hybridized carbons (Fsp3) is 0.900. The van der Waals surface area contributed by atoms with Crippen LogP contribution in [0.4, 0.5) is 0 Å². The average Bonchev–Trinajstić information content (AvgIpc) is 2.99. The lowest BCUT2D eigenvalue weighted by molar-refractivity contribution is -0.115. The number of sulfonamides is 1. The van der Waals surface area contributed by atoms with Crippen molar-refractivity contribution in [2.75, 3.05) is 18.8 Å². The van der Waals surface area contributed by atoms with E-state index in [0.29, 0.717) is 0 Å². The van der Waals surface area contributed by atoms with E-state index in [9.17, 15) is 13.2 Å². The first-order valence-corrected chi connectivity index (χ1v) is 7.64. The third kappa shape index (κ3) is 3.93. The van der Waals surface area contributed by atoms with E-state index in [0.717, 1.165) is 32.0 Å². The van der Waals surface area contributed by atoms with Crippen molar-refractivity contribution >= 4 is 15.9 Å². The fourth-order valence-electron chi connectivity index (χ4n) is 2.31. The van der Waals surface area contributed by atoms with Crippen molar-refractivity contribution in [1.29, 1.82) is 0 Å². The minimum Gasteiger partial charge on any atom is -0.369 e. The molecule has 7 heteroatoms. The Morgan fingerprint density at radius 3 is 2.29 bits per heavy atom. The molecule has 1 aliphatic heterocycles. The van der Waals surface area contributed by atoms with E-state index in [4.69, 9.17) is 5.73 Å². The molecule has 1 aliphatic carbocycles. The van der Waals surface area contributed by atoms with E-state index in [1.165, 1.54) is 12.8 Å². The average molecular weight is 261 g/mol. The van der Waals surface area contributed by atoms with Crippen LogP contribution in [0.1, 0.15) is 25.7 Å². The minimum atomic E-state index is -3.55. The van der Waals surface area contributed by atoms with Crippen molar-refractivity contribution < 1.29 is 13.2 Å². The maximum atomic E-state index is 11.5. The standard InChI is InChI=1S/C10H19N3O3S/c11-10(14)7-17(15,16)12-8-3-5-13(6-4-8)9-1-2-9/h8-9,12H,1-7H2,(H2,11,14). The lowest BCUT2D eigenvalue weighted by Gasteiger charge is -2.32. The summed E-state index contributed by atoms with van der Waals surface area (Å²) < 4.78 is 25.6. The molecule has 0 aromatic rings. The number of carbonyl (C=O) groups excluding carboxylic acids is 1. The molecule has 1 saturated carbocycles. The van der Waals surface area contributed by atoms with Gasteiger partial charge in [0.15, 0.2) is 0 Å². The molecule has 0 aromatic heterocycles. The zero-order valence-corrected chi connectivity index (χ0v) is 10.6. The van der Waals surface area contributed by atoms with Crippen LogP contribution in [0, 0.1) is 0 Å². The number of hydrogen-bond donors (Lipinski definition) is 2. The zero-order chi connectivity index (χ0) is 12.5. The Kier molecular flexibility index (Phi) is 3.70. The number of rotatable bonds is 5. The molecule has 1 amide bonds. The predicted molar refractivity (Wildman–Crippen MR) is 63.7 cm³/mol. The van der Waals surface area contributed by atoms with Gasteiger partial charge in [-0.15, -0.1) is 0 Å². The molecule has 0 aromatic carbocycles. The number of amides is 1. The minimum absolute atomic E-state index is 0.0469. The molecular weight excluding hydrogens is 242 g/mol. The van der Waals surface area contributed by atoms with Gasteiger partial charge in [-0.3, -0.25) is 4.79 Å². The lowest BCUT2D eigenvalue weighted by Crippen LogP contribution is -2.46. The van der Waals surface area contributed by atoms with Crippen LogP contribution in [0.3, 0.4) is 0 Å². The van der Waals surface area contributed by atoms with E-state index in [1.54, 1.807) is 0 Å². The normalized spacial score (nSPS) is 23.8. The van der Waals surface area contributed by atoms with Crippen LogP contribution in [-0.4, -0.2) is 50.2 Å². The van der Waals surface area contributed by atoms with Gasteiger partial charge in [0.1, 0.15) is 5.75 Å². The van der Waals surface area contributed by atoms with E-state index in [1.807, 2.05) is 0 Å². The summed E-state index contributed by atoms with van der Waals surface area (Å²) in [5, 5.41) is 0. The molecule has 0 spiro atoms. The molecule has 2 fully saturated rings. The monoisotopic (exact) mass is 261 g/mol. The van der Waals surface area contributed by atoms with Crippen LogP contribution in [0.25, 0.3) is 0 Å². The maximum absolute atomic E-state index is 11.5. The smallest absolute Gasteiger partial charge is 0.234 e. The summed E-state index contributed by atoms with van der Waals surface area (Å²) in [7, 11) is -3.55. The Labute approximate surface area is 102 Å². The lowest BCUT2D eigenvalue weighted by atomic mass is 10.1. The van der Waals surface area contributed by atoms with Crippen molar-refractivity contribution in [2.45, 2.75) is 37.8 Å². The number of nitrogens with one attached hydrogen (secondary N) is 1. The van der Waals surface area contributed by atoms with Gasteiger partial charge in [-0.05, 0) is 38.8 Å². The molecule has 0 bridgehead atoms. The van der Waals surface area contributed by atoms with Gasteiger partial charge in [0.2, 0.25) is 15.9 Å². The summed E-state index contributed by atoms with van der Waals surface area (Å²) in [4.78, 5) is 13.0. The van der Waals surface area contributed by atoms with Gasteiger partial charge in [0.05, 0.1) is 0 Å². The molecule has 2 rings (SSSR count). The van der Waals surface area contributed by atoms with Crippen LogP contribution in [0.5, 0.6) is 0 Å². The van der Waals surface area contributed by atoms with E-state index >= 15 is 0 Å². The summed E-state index contributed by atoms with van der Waals surface area (Å²) in [6, 6.07) is 0.688. The Hall–Kier alpha value is -0.660. The number of nitrogens with zero attached hydrogens (tertiary/aromatic N) is 1. The Balaban J connectivity index is 1.78. The largest absolute Gasteiger partial charge is 0.369 e. The number of likely N-dealkylation sites (tertiary alicyclic amines) is 1. The Morgan fingerprint density at radius 2 is 1.82 bits per heavy atom. The van der Waals surface area contributed by atoms with E-state index in [-0.39, 0.29) is 6.04 Å². The van der Waals surface area contributed by atoms with Gasteiger partial charge in [-0.1, -0.05) is 0 Å². The Bertz CT molecular complexity index is 384.